The van der Waals surface area contributed by atoms with E-state index in [9.17, 15) is 0 Å². The highest BCUT2D eigenvalue weighted by molar-refractivity contribution is 4.64. The van der Waals surface area contributed by atoms with Gasteiger partial charge < -0.3 is 9.84 Å². The van der Waals surface area contributed by atoms with Crippen molar-refractivity contribution in [3.05, 3.63) is 0 Å². The second-order valence-corrected chi connectivity index (χ2v) is 3.43. The topological polar surface area (TPSA) is 29.5 Å². The Morgan fingerprint density at radius 2 is 2.00 bits per heavy atom. The quantitative estimate of drug-likeness (QED) is 0.600. The highest BCUT2D eigenvalue weighted by Gasteiger charge is 2.14. The van der Waals surface area contributed by atoms with E-state index in [1.54, 1.807) is 7.11 Å². The number of aliphatic hydroxyl groups is 1. The highest BCUT2D eigenvalue weighted by Crippen LogP contribution is 2.13. The van der Waals surface area contributed by atoms with Crippen LogP contribution in [0.1, 0.15) is 39.5 Å². The standard InChI is InChI=1S/C10H22O2/c1-4-5-6-7-10(12-3)9(2)8-11/h9-11H,4-8H2,1-3H3. The smallest absolute Gasteiger partial charge is 0.0618 e. The molecule has 0 aromatic heterocycles. The number of aliphatic hydroxyl groups excluding tert-OH is 1. The molecule has 1 N–H and O–H groups in total. The van der Waals surface area contributed by atoms with Crippen LogP contribution in [0.15, 0.2) is 0 Å². The number of hydrogen-bond acceptors (Lipinski definition) is 2. The Bertz CT molecular complexity index is 93.8. The monoisotopic (exact) mass is 174 g/mol. The van der Waals surface area contributed by atoms with E-state index < -0.39 is 0 Å². The Labute approximate surface area is 75.9 Å². The van der Waals surface area contributed by atoms with Gasteiger partial charge in [0.1, 0.15) is 0 Å². The molecular formula is C10H22O2. The zero-order chi connectivity index (χ0) is 9.40. The summed E-state index contributed by atoms with van der Waals surface area (Å²) in [7, 11) is 1.72. The Morgan fingerprint density at radius 1 is 1.33 bits per heavy atom. The Morgan fingerprint density at radius 3 is 2.42 bits per heavy atom. The van der Waals surface area contributed by atoms with Crippen molar-refractivity contribution in [1.82, 2.24) is 0 Å². The molecule has 0 bridgehead atoms. The molecule has 2 unspecified atom stereocenters. The molecule has 0 aromatic carbocycles. The summed E-state index contributed by atoms with van der Waals surface area (Å²) in [6.45, 7) is 4.45. The lowest BCUT2D eigenvalue weighted by Crippen LogP contribution is -2.23. The van der Waals surface area contributed by atoms with Crippen molar-refractivity contribution in [3.63, 3.8) is 0 Å². The molecule has 0 saturated carbocycles. The van der Waals surface area contributed by atoms with Gasteiger partial charge in [-0.15, -0.1) is 0 Å². The van der Waals surface area contributed by atoms with Crippen LogP contribution in [0.3, 0.4) is 0 Å². The van der Waals surface area contributed by atoms with E-state index in [-0.39, 0.29) is 18.6 Å². The van der Waals surface area contributed by atoms with E-state index in [1.807, 2.05) is 6.92 Å². The molecule has 2 atom stereocenters. The molecular weight excluding hydrogens is 152 g/mol. The van der Waals surface area contributed by atoms with E-state index in [0.717, 1.165) is 6.42 Å². The number of rotatable bonds is 7. The zero-order valence-corrected chi connectivity index (χ0v) is 8.55. The summed E-state index contributed by atoms with van der Waals surface area (Å²) in [5.41, 5.74) is 0. The minimum atomic E-state index is 0.227. The molecule has 0 spiro atoms. The van der Waals surface area contributed by atoms with Gasteiger partial charge in [-0.25, -0.2) is 0 Å². The first kappa shape index (κ1) is 11.9. The molecule has 0 aliphatic rings. The van der Waals surface area contributed by atoms with Crippen LogP contribution in [0.4, 0.5) is 0 Å². The van der Waals surface area contributed by atoms with Crippen LogP contribution in [0.5, 0.6) is 0 Å². The molecule has 0 saturated heterocycles. The van der Waals surface area contributed by atoms with Gasteiger partial charge in [-0.3, -0.25) is 0 Å². The van der Waals surface area contributed by atoms with Crippen molar-refractivity contribution in [2.75, 3.05) is 13.7 Å². The van der Waals surface area contributed by atoms with Crippen molar-refractivity contribution < 1.29 is 9.84 Å². The second-order valence-electron chi connectivity index (χ2n) is 3.43. The Balaban J connectivity index is 3.52. The van der Waals surface area contributed by atoms with Gasteiger partial charge in [-0.05, 0) is 6.42 Å². The average molecular weight is 174 g/mol. The van der Waals surface area contributed by atoms with Gasteiger partial charge in [0.2, 0.25) is 0 Å². The van der Waals surface area contributed by atoms with E-state index >= 15 is 0 Å². The van der Waals surface area contributed by atoms with Crippen molar-refractivity contribution >= 4 is 0 Å². The predicted octanol–water partition coefficient (Wildman–Crippen LogP) is 2.21. The van der Waals surface area contributed by atoms with Crippen molar-refractivity contribution in [3.8, 4) is 0 Å². The molecule has 0 radical (unpaired) electrons. The summed E-state index contributed by atoms with van der Waals surface area (Å²) in [6.07, 6.45) is 5.02. The molecule has 0 heterocycles. The molecule has 2 nitrogen and oxygen atoms in total. The Hall–Kier alpha value is -0.0800. The van der Waals surface area contributed by atoms with Gasteiger partial charge >= 0.3 is 0 Å². The van der Waals surface area contributed by atoms with Crippen molar-refractivity contribution in [2.45, 2.75) is 45.6 Å². The molecule has 0 aliphatic carbocycles. The number of unbranched alkanes of at least 4 members (excludes halogenated alkanes) is 2. The summed E-state index contributed by atoms with van der Waals surface area (Å²) in [6, 6.07) is 0. The average Bonchev–Trinajstić information content (AvgIpc) is 2.11. The molecule has 0 rings (SSSR count). The van der Waals surface area contributed by atoms with Crippen LogP contribution in [0.25, 0.3) is 0 Å². The third kappa shape index (κ3) is 4.73. The Kier molecular flexibility index (Phi) is 7.51. The van der Waals surface area contributed by atoms with Gasteiger partial charge in [0.25, 0.3) is 0 Å². The lowest BCUT2D eigenvalue weighted by atomic mass is 10.00. The van der Waals surface area contributed by atoms with Crippen LogP contribution in [0, 0.1) is 5.92 Å². The SMILES string of the molecule is CCCCCC(OC)C(C)CO. The molecule has 0 fully saturated rings. The molecule has 12 heavy (non-hydrogen) atoms. The van der Waals surface area contributed by atoms with Gasteiger partial charge in [0, 0.05) is 19.6 Å². The largest absolute Gasteiger partial charge is 0.396 e. The summed E-state index contributed by atoms with van der Waals surface area (Å²) >= 11 is 0. The van der Waals surface area contributed by atoms with E-state index in [2.05, 4.69) is 6.92 Å². The maximum atomic E-state index is 8.91. The van der Waals surface area contributed by atoms with Gasteiger partial charge in [-0.1, -0.05) is 33.1 Å². The zero-order valence-electron chi connectivity index (χ0n) is 8.55. The van der Waals surface area contributed by atoms with E-state index in [0.29, 0.717) is 0 Å². The van der Waals surface area contributed by atoms with Crippen LogP contribution in [-0.2, 0) is 4.74 Å². The molecule has 0 aromatic rings. The molecule has 0 amide bonds. The first-order valence-electron chi connectivity index (χ1n) is 4.89. The van der Waals surface area contributed by atoms with Crippen LogP contribution in [-0.4, -0.2) is 24.9 Å². The minimum Gasteiger partial charge on any atom is -0.396 e. The lowest BCUT2D eigenvalue weighted by Gasteiger charge is -2.20. The minimum absolute atomic E-state index is 0.227. The fourth-order valence-corrected chi connectivity index (χ4v) is 1.35. The molecule has 74 valence electrons. The first-order chi connectivity index (χ1) is 5.76. The third-order valence-corrected chi connectivity index (χ3v) is 2.32. The van der Waals surface area contributed by atoms with E-state index in [1.165, 1.54) is 19.3 Å². The summed E-state index contributed by atoms with van der Waals surface area (Å²) in [5.74, 6) is 0.270. The van der Waals surface area contributed by atoms with Gasteiger partial charge in [0.15, 0.2) is 0 Å². The predicted molar refractivity (Wildman–Crippen MR) is 51.2 cm³/mol. The van der Waals surface area contributed by atoms with E-state index in [4.69, 9.17) is 9.84 Å². The molecule has 0 aliphatic heterocycles. The number of hydrogen-bond donors (Lipinski definition) is 1. The third-order valence-electron chi connectivity index (χ3n) is 2.32. The van der Waals surface area contributed by atoms with Crippen LogP contribution in [0.2, 0.25) is 0 Å². The highest BCUT2D eigenvalue weighted by atomic mass is 16.5. The summed E-state index contributed by atoms with van der Waals surface area (Å²) in [4.78, 5) is 0. The van der Waals surface area contributed by atoms with Crippen molar-refractivity contribution in [1.29, 1.82) is 0 Å². The summed E-state index contributed by atoms with van der Waals surface area (Å²) < 4.78 is 5.29. The lowest BCUT2D eigenvalue weighted by molar-refractivity contribution is 0.0266. The number of ether oxygens (including phenoxy) is 1. The second kappa shape index (κ2) is 7.56. The molecule has 2 heteroatoms. The normalized spacial score (nSPS) is 16.0. The van der Waals surface area contributed by atoms with Gasteiger partial charge in [-0.2, -0.15) is 0 Å². The fraction of sp³-hybridized carbons (Fsp3) is 1.00. The fourth-order valence-electron chi connectivity index (χ4n) is 1.35. The maximum absolute atomic E-state index is 8.91. The maximum Gasteiger partial charge on any atom is 0.0618 e. The number of methoxy groups -OCH3 is 1. The van der Waals surface area contributed by atoms with Crippen molar-refractivity contribution in [2.24, 2.45) is 5.92 Å². The first-order valence-corrected chi connectivity index (χ1v) is 4.89. The van der Waals surface area contributed by atoms with Crippen LogP contribution >= 0.6 is 0 Å². The van der Waals surface area contributed by atoms with Crippen LogP contribution < -0.4 is 0 Å². The summed E-state index contributed by atoms with van der Waals surface area (Å²) in [5, 5.41) is 8.91. The van der Waals surface area contributed by atoms with Gasteiger partial charge in [0.05, 0.1) is 6.10 Å².